The molecule has 16 heteroatoms. The summed E-state index contributed by atoms with van der Waals surface area (Å²) in [6.07, 6.45) is -7.70. The molecule has 0 radical (unpaired) electrons. The van der Waals surface area contributed by atoms with E-state index in [2.05, 4.69) is 5.32 Å². The van der Waals surface area contributed by atoms with Crippen LogP contribution in [0, 0.1) is 11.8 Å². The molecule has 0 saturated carbocycles. The first-order valence-electron chi connectivity index (χ1n) is 16.6. The largest absolute Gasteiger partial charge is 0.493 e. The fourth-order valence-corrected chi connectivity index (χ4v) is 7.43. The number of carbonyl (C=O) groups excluding carboxylic acids is 2. The summed E-state index contributed by atoms with van der Waals surface area (Å²) in [6, 6.07) is 6.91. The highest BCUT2D eigenvalue weighted by molar-refractivity contribution is 5.79. The Hall–Kier alpha value is -3.74. The fourth-order valence-electron chi connectivity index (χ4n) is 7.43. The van der Waals surface area contributed by atoms with Gasteiger partial charge in [0.05, 0.1) is 39.0 Å². The number of aliphatic hydroxyl groups excluding tert-OH is 3. The molecule has 6 unspecified atom stereocenters. The average molecular weight is 703 g/mol. The molecule has 2 aromatic rings. The molecule has 0 aromatic heterocycles. The van der Waals surface area contributed by atoms with Gasteiger partial charge in [0.1, 0.15) is 24.4 Å². The number of cyclic esters (lactones) is 1. The second-order valence-electron chi connectivity index (χ2n) is 13.0. The molecule has 3 saturated heterocycles. The quantitative estimate of drug-likeness (QED) is 0.268. The summed E-state index contributed by atoms with van der Waals surface area (Å²) in [5, 5.41) is 35.6. The van der Waals surface area contributed by atoms with Crippen LogP contribution >= 0.6 is 0 Å². The van der Waals surface area contributed by atoms with Gasteiger partial charge in [0, 0.05) is 37.5 Å². The zero-order valence-corrected chi connectivity index (χ0v) is 28.1. The van der Waals surface area contributed by atoms with Crippen molar-refractivity contribution in [2.45, 2.75) is 62.5 Å². The van der Waals surface area contributed by atoms with Gasteiger partial charge in [-0.25, -0.2) is 4.79 Å². The third kappa shape index (κ3) is 6.13. The summed E-state index contributed by atoms with van der Waals surface area (Å²) in [5.41, 5.74) is 2.12. The highest BCUT2D eigenvalue weighted by Crippen LogP contribution is 2.56. The number of amides is 1. The lowest BCUT2D eigenvalue weighted by Gasteiger charge is -2.47. The number of hydrogen-bond donors (Lipinski definition) is 4. The van der Waals surface area contributed by atoms with Crippen molar-refractivity contribution in [3.05, 3.63) is 46.5 Å². The number of aliphatic hydroxyl groups is 3. The van der Waals surface area contributed by atoms with Crippen LogP contribution in [0.5, 0.6) is 23.0 Å². The van der Waals surface area contributed by atoms with Gasteiger partial charge in [-0.05, 0) is 54.9 Å². The smallest absolute Gasteiger partial charge is 0.415 e. The van der Waals surface area contributed by atoms with Crippen molar-refractivity contribution in [3.63, 3.8) is 0 Å². The zero-order valence-electron chi connectivity index (χ0n) is 28.1. The van der Waals surface area contributed by atoms with E-state index in [4.69, 9.17) is 42.6 Å². The standard InChI is InChI=1S/C34H42N2O14/c1-15-43-13-24-31(47-15)27(38)28(39)33(48-24)49-30-19-10-22-21(45-14-46-22)9-18(19)25(26-20(30)12-44-32(26)40)16-7-17(11-37)29(23(8-16)42-4)50-34(41)36(3)6-5-35-2/h7-10,15,20,24-28,30-31,33,35,37-39H,5-6,11-14H2,1-4H3/t15?,20-,24?,25+,26-,27?,28?,30+,31?,33?/m0/s1. The number of fused-ring (bicyclic) bond motifs is 4. The van der Waals surface area contributed by atoms with Crippen LogP contribution < -0.4 is 24.3 Å². The number of ether oxygens (including phenoxy) is 9. The van der Waals surface area contributed by atoms with Gasteiger partial charge in [0.15, 0.2) is 35.6 Å². The number of methoxy groups -OCH3 is 1. The Kier molecular flexibility index (Phi) is 9.79. The molecule has 3 fully saturated rings. The van der Waals surface area contributed by atoms with Crippen LogP contribution in [0.2, 0.25) is 0 Å². The minimum Gasteiger partial charge on any atom is -0.493 e. The van der Waals surface area contributed by atoms with Gasteiger partial charge < -0.3 is 68.2 Å². The molecule has 16 nitrogen and oxygen atoms in total. The van der Waals surface area contributed by atoms with Crippen LogP contribution in [0.4, 0.5) is 4.79 Å². The molecule has 10 atom stereocenters. The number of nitrogens with zero attached hydrogens (tertiary/aromatic N) is 1. The van der Waals surface area contributed by atoms with E-state index in [0.717, 1.165) is 0 Å². The van der Waals surface area contributed by atoms with Crippen LogP contribution in [0.3, 0.4) is 0 Å². The van der Waals surface area contributed by atoms with Crippen LogP contribution in [0.1, 0.15) is 41.2 Å². The molecular weight excluding hydrogens is 660 g/mol. The Bertz CT molecular complexity index is 1580. The number of carbonyl (C=O) groups is 2. The summed E-state index contributed by atoms with van der Waals surface area (Å²) < 4.78 is 52.4. The van der Waals surface area contributed by atoms with Gasteiger partial charge >= 0.3 is 12.1 Å². The van der Waals surface area contributed by atoms with Crippen molar-refractivity contribution < 1.29 is 67.5 Å². The number of esters is 1. The molecule has 1 aliphatic carbocycles. The number of benzene rings is 2. The monoisotopic (exact) mass is 702 g/mol. The summed E-state index contributed by atoms with van der Waals surface area (Å²) >= 11 is 0. The number of hydrogen-bond acceptors (Lipinski definition) is 15. The van der Waals surface area contributed by atoms with Crippen molar-refractivity contribution in [1.29, 1.82) is 0 Å². The van der Waals surface area contributed by atoms with Crippen LogP contribution in [-0.4, -0.2) is 124 Å². The number of nitrogens with one attached hydrogen (secondary N) is 1. The Morgan fingerprint density at radius 2 is 1.80 bits per heavy atom. The van der Waals surface area contributed by atoms with Gasteiger partial charge in [0.25, 0.3) is 0 Å². The Balaban J connectivity index is 1.27. The molecule has 5 aliphatic rings. The Labute approximate surface area is 288 Å². The molecule has 0 spiro atoms. The summed E-state index contributed by atoms with van der Waals surface area (Å²) in [4.78, 5) is 28.0. The maximum atomic E-state index is 13.6. The number of rotatable bonds is 9. The SMILES string of the molecule is CNCCN(C)C(=O)Oc1c(CO)cc([C@@H]2c3cc4c(cc3[C@@H](OC3OC5COC(C)OC5C(O)C3O)[C@H]3COC(=O)[C@H]23)OCO4)cc1OC. The minimum absolute atomic E-state index is 0.00164. The van der Waals surface area contributed by atoms with Crippen LogP contribution in [-0.2, 0) is 35.1 Å². The average Bonchev–Trinajstić information content (AvgIpc) is 3.74. The van der Waals surface area contributed by atoms with Gasteiger partial charge in [-0.1, -0.05) is 0 Å². The van der Waals surface area contributed by atoms with Crippen LogP contribution in [0.15, 0.2) is 24.3 Å². The molecule has 4 aliphatic heterocycles. The lowest BCUT2D eigenvalue weighted by atomic mass is 9.66. The van der Waals surface area contributed by atoms with Crippen molar-refractivity contribution in [2.75, 3.05) is 54.3 Å². The van der Waals surface area contributed by atoms with Crippen molar-refractivity contribution >= 4 is 12.1 Å². The van der Waals surface area contributed by atoms with E-state index >= 15 is 0 Å². The molecule has 2 aromatic carbocycles. The molecular formula is C34H42N2O14. The first-order valence-corrected chi connectivity index (χ1v) is 16.6. The van der Waals surface area contributed by atoms with Gasteiger partial charge in [0.2, 0.25) is 6.79 Å². The van der Waals surface area contributed by atoms with Crippen LogP contribution in [0.25, 0.3) is 0 Å². The Morgan fingerprint density at radius 3 is 2.52 bits per heavy atom. The highest BCUT2D eigenvalue weighted by atomic mass is 16.8. The van der Waals surface area contributed by atoms with Crippen molar-refractivity contribution in [1.82, 2.24) is 10.2 Å². The normalized spacial score (nSPS) is 32.4. The predicted octanol–water partition coefficient (Wildman–Crippen LogP) is 0.767. The van der Waals surface area contributed by atoms with E-state index in [-0.39, 0.29) is 37.1 Å². The predicted molar refractivity (Wildman–Crippen MR) is 169 cm³/mol. The second kappa shape index (κ2) is 14.1. The zero-order chi connectivity index (χ0) is 35.3. The summed E-state index contributed by atoms with van der Waals surface area (Å²) in [7, 11) is 4.79. The molecule has 272 valence electrons. The highest BCUT2D eigenvalue weighted by Gasteiger charge is 2.56. The summed E-state index contributed by atoms with van der Waals surface area (Å²) in [5.74, 6) is -1.35. The lowest BCUT2D eigenvalue weighted by molar-refractivity contribution is -0.364. The van der Waals surface area contributed by atoms with Gasteiger partial charge in [-0.15, -0.1) is 0 Å². The van der Waals surface area contributed by atoms with Crippen molar-refractivity contribution in [3.8, 4) is 23.0 Å². The van der Waals surface area contributed by atoms with Gasteiger partial charge in [-0.2, -0.15) is 0 Å². The lowest BCUT2D eigenvalue weighted by Crippen LogP contribution is -2.63. The van der Waals surface area contributed by atoms with E-state index in [1.807, 2.05) is 0 Å². The second-order valence-corrected chi connectivity index (χ2v) is 13.0. The third-order valence-electron chi connectivity index (χ3n) is 9.99. The summed E-state index contributed by atoms with van der Waals surface area (Å²) in [6.45, 7) is 2.25. The van der Waals surface area contributed by atoms with E-state index in [1.54, 1.807) is 45.3 Å². The molecule has 4 N–H and O–H groups in total. The first kappa shape index (κ1) is 34.7. The van der Waals surface area contributed by atoms with E-state index in [1.165, 1.54) is 12.0 Å². The third-order valence-corrected chi connectivity index (χ3v) is 9.99. The molecule has 50 heavy (non-hydrogen) atoms. The molecule has 7 rings (SSSR count). The fraction of sp³-hybridized carbons (Fsp3) is 0.588. The maximum absolute atomic E-state index is 13.6. The molecule has 1 amide bonds. The minimum atomic E-state index is -1.47. The number of likely N-dealkylation sites (N-methyl/N-ethyl adjacent to an activating group) is 2. The first-order chi connectivity index (χ1) is 24.1. The molecule has 0 bridgehead atoms. The van der Waals surface area contributed by atoms with E-state index < -0.39 is 79.5 Å². The molecule has 4 heterocycles. The Morgan fingerprint density at radius 1 is 1.04 bits per heavy atom. The topological polar surface area (TPSA) is 193 Å². The maximum Gasteiger partial charge on any atom is 0.415 e. The van der Waals surface area contributed by atoms with Gasteiger partial charge in [-0.3, -0.25) is 4.79 Å². The van der Waals surface area contributed by atoms with Crippen molar-refractivity contribution in [2.24, 2.45) is 11.8 Å². The van der Waals surface area contributed by atoms with E-state index in [0.29, 0.717) is 41.3 Å². The van der Waals surface area contributed by atoms with E-state index in [9.17, 15) is 24.9 Å².